The van der Waals surface area contributed by atoms with Crippen LogP contribution in [0.3, 0.4) is 0 Å². The van der Waals surface area contributed by atoms with Crippen LogP contribution >= 0.6 is 24.6 Å². The summed E-state index contributed by atoms with van der Waals surface area (Å²) in [7, 11) is 0. The Labute approximate surface area is 64.3 Å². The summed E-state index contributed by atoms with van der Waals surface area (Å²) in [6.07, 6.45) is 0. The minimum atomic E-state index is 0.636. The highest BCUT2D eigenvalue weighted by Crippen LogP contribution is 2.15. The molecule has 0 unspecified atom stereocenters. The van der Waals surface area contributed by atoms with Gasteiger partial charge in [0.25, 0.3) is 0 Å². The van der Waals surface area contributed by atoms with Crippen LogP contribution < -0.4 is 0 Å². The molecule has 0 aliphatic heterocycles. The lowest BCUT2D eigenvalue weighted by Crippen LogP contribution is -1.79. The summed E-state index contributed by atoms with van der Waals surface area (Å²) in [6, 6.07) is 0. The maximum atomic E-state index is 4.77. The summed E-state index contributed by atoms with van der Waals surface area (Å²) >= 11 is 1.86. The van der Waals surface area contributed by atoms with Gasteiger partial charge in [0.05, 0.1) is 13.2 Å². The largest absolute Gasteiger partial charge is 0.291 e. The van der Waals surface area contributed by atoms with Crippen molar-refractivity contribution in [3.63, 3.8) is 0 Å². The Hall–Kier alpha value is 0.580. The van der Waals surface area contributed by atoms with Crippen molar-refractivity contribution in [1.82, 2.24) is 0 Å². The van der Waals surface area contributed by atoms with E-state index in [1.165, 1.54) is 0 Å². The van der Waals surface area contributed by atoms with Crippen molar-refractivity contribution >= 4 is 24.6 Å². The quantitative estimate of drug-likeness (QED) is 0.450. The molecule has 0 heterocycles. The summed E-state index contributed by atoms with van der Waals surface area (Å²) in [5, 5.41) is 0. The van der Waals surface area contributed by atoms with E-state index in [0.717, 1.165) is 24.6 Å². The van der Waals surface area contributed by atoms with Crippen LogP contribution in [0.1, 0.15) is 13.8 Å². The summed E-state index contributed by atoms with van der Waals surface area (Å²) in [5.74, 6) is 0. The molecule has 3 nitrogen and oxygen atoms in total. The first-order chi connectivity index (χ1) is 4.41. The Bertz CT molecular complexity index is 47.1. The van der Waals surface area contributed by atoms with Crippen LogP contribution in [-0.4, -0.2) is 13.2 Å². The minimum Gasteiger partial charge on any atom is -0.291 e. The second-order valence-corrected chi connectivity index (χ2v) is 2.31. The first kappa shape index (κ1) is 9.58. The molecular weight excluding hydrogens is 160 g/mol. The lowest BCUT2D eigenvalue weighted by Gasteiger charge is -1.96. The van der Waals surface area contributed by atoms with E-state index in [2.05, 4.69) is 0 Å². The summed E-state index contributed by atoms with van der Waals surface area (Å²) < 4.78 is 14.3. The SMILES string of the molecule is CCOSOSOCC. The third kappa shape index (κ3) is 8.58. The summed E-state index contributed by atoms with van der Waals surface area (Å²) in [6.45, 7) is 5.05. The molecule has 0 amide bonds. The Morgan fingerprint density at radius 2 is 1.44 bits per heavy atom. The molecule has 0 saturated heterocycles. The van der Waals surface area contributed by atoms with Crippen molar-refractivity contribution in [1.29, 1.82) is 0 Å². The molecule has 0 atom stereocenters. The van der Waals surface area contributed by atoms with Gasteiger partial charge in [-0.2, -0.15) is 3.63 Å². The lowest BCUT2D eigenvalue weighted by molar-refractivity contribution is 0.350. The van der Waals surface area contributed by atoms with Gasteiger partial charge in [0.1, 0.15) is 0 Å². The molecule has 0 aliphatic rings. The van der Waals surface area contributed by atoms with Crippen LogP contribution in [0.25, 0.3) is 0 Å². The van der Waals surface area contributed by atoms with Gasteiger partial charge in [-0.05, 0) is 13.8 Å². The van der Waals surface area contributed by atoms with Gasteiger partial charge in [-0.3, -0.25) is 8.37 Å². The molecule has 0 aromatic carbocycles. The van der Waals surface area contributed by atoms with Gasteiger partial charge in [-0.15, -0.1) is 0 Å². The fourth-order valence-electron chi connectivity index (χ4n) is 0.147. The molecule has 0 fully saturated rings. The number of hydrogen-bond acceptors (Lipinski definition) is 5. The molecule has 0 aromatic heterocycles. The summed E-state index contributed by atoms with van der Waals surface area (Å²) in [4.78, 5) is 0. The average molecular weight is 170 g/mol. The van der Waals surface area contributed by atoms with E-state index in [1.807, 2.05) is 13.8 Å². The van der Waals surface area contributed by atoms with Crippen LogP contribution in [0.5, 0.6) is 0 Å². The smallest absolute Gasteiger partial charge is 0.173 e. The highest BCUT2D eigenvalue weighted by Gasteiger charge is 1.87. The van der Waals surface area contributed by atoms with Crippen LogP contribution in [0, 0.1) is 0 Å². The van der Waals surface area contributed by atoms with Crippen molar-refractivity contribution < 1.29 is 12.0 Å². The van der Waals surface area contributed by atoms with Crippen molar-refractivity contribution in [2.24, 2.45) is 0 Å². The number of rotatable bonds is 6. The van der Waals surface area contributed by atoms with Crippen molar-refractivity contribution in [2.45, 2.75) is 13.8 Å². The molecule has 0 rings (SSSR count). The third-order valence-electron chi connectivity index (χ3n) is 0.387. The van der Waals surface area contributed by atoms with Gasteiger partial charge in [-0.25, -0.2) is 0 Å². The van der Waals surface area contributed by atoms with E-state index in [-0.39, 0.29) is 0 Å². The average Bonchev–Trinajstić information content (AvgIpc) is 1.89. The highest BCUT2D eigenvalue weighted by atomic mass is 32.3. The van der Waals surface area contributed by atoms with Crippen LogP contribution in [0.4, 0.5) is 0 Å². The second-order valence-electron chi connectivity index (χ2n) is 1.02. The van der Waals surface area contributed by atoms with Gasteiger partial charge in [0.15, 0.2) is 24.6 Å². The zero-order valence-electron chi connectivity index (χ0n) is 5.46. The molecule has 9 heavy (non-hydrogen) atoms. The van der Waals surface area contributed by atoms with Gasteiger partial charge in [0.2, 0.25) is 0 Å². The molecule has 0 spiro atoms. The number of hydrogen-bond donors (Lipinski definition) is 0. The molecule has 0 bridgehead atoms. The molecular formula is C4H10O3S2. The van der Waals surface area contributed by atoms with Gasteiger partial charge >= 0.3 is 0 Å². The van der Waals surface area contributed by atoms with Crippen molar-refractivity contribution in [3.05, 3.63) is 0 Å². The monoisotopic (exact) mass is 170 g/mol. The van der Waals surface area contributed by atoms with Crippen LogP contribution in [0.15, 0.2) is 0 Å². The van der Waals surface area contributed by atoms with Crippen molar-refractivity contribution in [2.75, 3.05) is 13.2 Å². The molecule has 0 radical (unpaired) electrons. The van der Waals surface area contributed by atoms with Crippen LogP contribution in [0.2, 0.25) is 0 Å². The second kappa shape index (κ2) is 8.58. The normalized spacial score (nSPS) is 10.0. The topological polar surface area (TPSA) is 27.7 Å². The maximum Gasteiger partial charge on any atom is 0.173 e. The van der Waals surface area contributed by atoms with E-state index in [0.29, 0.717) is 13.2 Å². The maximum absolute atomic E-state index is 4.77. The van der Waals surface area contributed by atoms with E-state index in [4.69, 9.17) is 12.0 Å². The van der Waals surface area contributed by atoms with E-state index >= 15 is 0 Å². The predicted molar refractivity (Wildman–Crippen MR) is 39.5 cm³/mol. The van der Waals surface area contributed by atoms with Gasteiger partial charge in [-0.1, -0.05) is 0 Å². The highest BCUT2D eigenvalue weighted by molar-refractivity contribution is 8.03. The van der Waals surface area contributed by atoms with E-state index in [1.54, 1.807) is 0 Å². The third-order valence-corrected chi connectivity index (χ3v) is 1.50. The molecule has 56 valence electrons. The Morgan fingerprint density at radius 3 is 1.78 bits per heavy atom. The Morgan fingerprint density at radius 1 is 1.00 bits per heavy atom. The van der Waals surface area contributed by atoms with Gasteiger partial charge in [0, 0.05) is 0 Å². The molecule has 0 aliphatic carbocycles. The summed E-state index contributed by atoms with van der Waals surface area (Å²) in [5.41, 5.74) is 0. The molecule has 0 saturated carbocycles. The minimum absolute atomic E-state index is 0.636. The molecule has 0 N–H and O–H groups in total. The first-order valence-corrected chi connectivity index (χ1v) is 3.99. The fourth-order valence-corrected chi connectivity index (χ4v) is 0.744. The van der Waals surface area contributed by atoms with E-state index < -0.39 is 0 Å². The fraction of sp³-hybridized carbons (Fsp3) is 1.00. The lowest BCUT2D eigenvalue weighted by atomic mass is 10.9. The standard InChI is InChI=1S/C4H10O3S2/c1-3-5-8-7-9-6-4-2/h3-4H2,1-2H3. The zero-order chi connectivity index (χ0) is 6.95. The Balaban J connectivity index is 2.60. The van der Waals surface area contributed by atoms with Gasteiger partial charge < -0.3 is 0 Å². The zero-order valence-corrected chi connectivity index (χ0v) is 7.09. The van der Waals surface area contributed by atoms with E-state index in [9.17, 15) is 0 Å². The first-order valence-electron chi connectivity index (χ1n) is 2.66. The molecule has 5 heteroatoms. The Kier molecular flexibility index (Phi) is 9.13. The van der Waals surface area contributed by atoms with Crippen molar-refractivity contribution in [3.8, 4) is 0 Å². The molecule has 0 aromatic rings. The van der Waals surface area contributed by atoms with Crippen LogP contribution in [-0.2, 0) is 12.0 Å². The predicted octanol–water partition coefficient (Wildman–Crippen LogP) is 2.20.